The first-order chi connectivity index (χ1) is 10.7. The minimum atomic E-state index is 0.864. The summed E-state index contributed by atoms with van der Waals surface area (Å²) in [4.78, 5) is 2.45. The van der Waals surface area contributed by atoms with Gasteiger partial charge in [-0.05, 0) is 24.1 Å². The fourth-order valence-electron chi connectivity index (χ4n) is 3.39. The van der Waals surface area contributed by atoms with Crippen LogP contribution in [-0.2, 0) is 11.2 Å². The summed E-state index contributed by atoms with van der Waals surface area (Å²) in [6.07, 6.45) is 1.14. The van der Waals surface area contributed by atoms with Gasteiger partial charge in [0.2, 0.25) is 0 Å². The minimum absolute atomic E-state index is 0.864. The average molecular weight is 305 g/mol. The average Bonchev–Trinajstić information content (AvgIpc) is 2.90. The Balaban J connectivity index is 1.39. The SMILES string of the molecule is C[N+]1(CCNCCN2CCc3ccc(N)cc32)CCOCC1. The molecule has 22 heavy (non-hydrogen) atoms. The molecule has 1 fully saturated rings. The third-order valence-corrected chi connectivity index (χ3v) is 5.04. The number of quaternary nitrogens is 1. The molecule has 0 amide bonds. The number of morpholine rings is 1. The second kappa shape index (κ2) is 6.86. The summed E-state index contributed by atoms with van der Waals surface area (Å²) < 4.78 is 6.58. The van der Waals surface area contributed by atoms with E-state index in [-0.39, 0.29) is 0 Å². The van der Waals surface area contributed by atoms with Crippen molar-refractivity contribution in [1.82, 2.24) is 5.32 Å². The third kappa shape index (κ3) is 3.72. The van der Waals surface area contributed by atoms with Crippen LogP contribution < -0.4 is 16.0 Å². The van der Waals surface area contributed by atoms with Gasteiger partial charge in [0.25, 0.3) is 0 Å². The Morgan fingerprint density at radius 3 is 2.91 bits per heavy atom. The van der Waals surface area contributed by atoms with Gasteiger partial charge in [0, 0.05) is 37.6 Å². The van der Waals surface area contributed by atoms with Crippen molar-refractivity contribution in [3.63, 3.8) is 0 Å². The van der Waals surface area contributed by atoms with Gasteiger partial charge in [0.15, 0.2) is 0 Å². The largest absolute Gasteiger partial charge is 0.399 e. The summed E-state index contributed by atoms with van der Waals surface area (Å²) >= 11 is 0. The van der Waals surface area contributed by atoms with Gasteiger partial charge in [-0.25, -0.2) is 0 Å². The molecule has 2 heterocycles. The lowest BCUT2D eigenvalue weighted by Crippen LogP contribution is -2.54. The molecular weight excluding hydrogens is 276 g/mol. The zero-order valence-corrected chi connectivity index (χ0v) is 13.7. The standard InChI is InChI=1S/C17H29N4O/c1-21(10-12-22-13-11-21)9-6-19-5-8-20-7-4-15-2-3-16(18)14-17(15)20/h2-3,14,19H,4-13,18H2,1H3/q+1. The lowest BCUT2D eigenvalue weighted by Gasteiger charge is -2.37. The molecule has 0 unspecified atom stereocenters. The molecule has 5 heteroatoms. The normalized spacial score (nSPS) is 20.1. The first-order valence-electron chi connectivity index (χ1n) is 8.42. The molecule has 5 nitrogen and oxygen atoms in total. The number of fused-ring (bicyclic) bond motifs is 1. The van der Waals surface area contributed by atoms with Crippen LogP contribution in [0.2, 0.25) is 0 Å². The van der Waals surface area contributed by atoms with Gasteiger partial charge in [-0.15, -0.1) is 0 Å². The van der Waals surface area contributed by atoms with E-state index in [1.165, 1.54) is 17.8 Å². The second-order valence-electron chi connectivity index (χ2n) is 6.78. The van der Waals surface area contributed by atoms with Gasteiger partial charge in [0.05, 0.1) is 26.8 Å². The van der Waals surface area contributed by atoms with E-state index in [1.54, 1.807) is 0 Å². The summed E-state index contributed by atoms with van der Waals surface area (Å²) in [5.74, 6) is 0. The highest BCUT2D eigenvalue weighted by molar-refractivity contribution is 5.64. The van der Waals surface area contributed by atoms with Crippen molar-refractivity contribution in [3.8, 4) is 0 Å². The highest BCUT2D eigenvalue weighted by Crippen LogP contribution is 2.29. The molecule has 0 aliphatic carbocycles. The van der Waals surface area contributed by atoms with E-state index in [0.29, 0.717) is 0 Å². The number of anilines is 2. The molecule has 122 valence electrons. The number of hydrogen-bond acceptors (Lipinski definition) is 4. The Labute approximate surface area is 133 Å². The van der Waals surface area contributed by atoms with E-state index < -0.39 is 0 Å². The Bertz CT molecular complexity index is 499. The van der Waals surface area contributed by atoms with E-state index in [9.17, 15) is 0 Å². The van der Waals surface area contributed by atoms with Crippen LogP contribution in [-0.4, -0.2) is 70.6 Å². The van der Waals surface area contributed by atoms with Gasteiger partial charge in [-0.1, -0.05) is 6.07 Å². The van der Waals surface area contributed by atoms with Crippen LogP contribution in [0.1, 0.15) is 5.56 Å². The summed E-state index contributed by atoms with van der Waals surface area (Å²) in [5, 5.41) is 3.60. The van der Waals surface area contributed by atoms with Crippen LogP contribution in [0.5, 0.6) is 0 Å². The van der Waals surface area contributed by atoms with Crippen LogP contribution in [0.15, 0.2) is 18.2 Å². The first kappa shape index (κ1) is 15.6. The molecular formula is C17H29N4O+. The highest BCUT2D eigenvalue weighted by atomic mass is 16.5. The fraction of sp³-hybridized carbons (Fsp3) is 0.647. The lowest BCUT2D eigenvalue weighted by atomic mass is 10.1. The van der Waals surface area contributed by atoms with Crippen LogP contribution in [0.3, 0.4) is 0 Å². The molecule has 0 saturated carbocycles. The van der Waals surface area contributed by atoms with Gasteiger partial charge in [0.1, 0.15) is 13.1 Å². The monoisotopic (exact) mass is 305 g/mol. The molecule has 0 aromatic heterocycles. The Morgan fingerprint density at radius 2 is 2.09 bits per heavy atom. The van der Waals surface area contributed by atoms with E-state index in [0.717, 1.165) is 69.1 Å². The summed E-state index contributed by atoms with van der Waals surface area (Å²) in [5.41, 5.74) is 9.54. The van der Waals surface area contributed by atoms with Crippen molar-refractivity contribution in [2.45, 2.75) is 6.42 Å². The maximum atomic E-state index is 5.91. The zero-order valence-electron chi connectivity index (χ0n) is 13.7. The Morgan fingerprint density at radius 1 is 1.27 bits per heavy atom. The maximum absolute atomic E-state index is 5.91. The van der Waals surface area contributed by atoms with Crippen molar-refractivity contribution in [1.29, 1.82) is 0 Å². The van der Waals surface area contributed by atoms with Crippen molar-refractivity contribution in [2.75, 3.05) is 76.7 Å². The number of nitrogens with zero attached hydrogens (tertiary/aromatic N) is 2. The van der Waals surface area contributed by atoms with Gasteiger partial charge >= 0.3 is 0 Å². The predicted octanol–water partition coefficient (Wildman–Crippen LogP) is 0.698. The molecule has 0 bridgehead atoms. The van der Waals surface area contributed by atoms with Crippen molar-refractivity contribution in [2.24, 2.45) is 0 Å². The van der Waals surface area contributed by atoms with Gasteiger partial charge < -0.3 is 25.2 Å². The van der Waals surface area contributed by atoms with Crippen LogP contribution in [0.4, 0.5) is 11.4 Å². The summed E-state index contributed by atoms with van der Waals surface area (Å²) in [7, 11) is 2.34. The lowest BCUT2D eigenvalue weighted by molar-refractivity contribution is -0.915. The van der Waals surface area contributed by atoms with E-state index in [4.69, 9.17) is 10.5 Å². The van der Waals surface area contributed by atoms with Gasteiger partial charge in [-0.2, -0.15) is 0 Å². The third-order valence-electron chi connectivity index (χ3n) is 5.04. The number of benzene rings is 1. The number of hydrogen-bond donors (Lipinski definition) is 2. The fourth-order valence-corrected chi connectivity index (χ4v) is 3.39. The number of nitrogens with one attached hydrogen (secondary N) is 1. The quantitative estimate of drug-likeness (QED) is 0.461. The van der Waals surface area contributed by atoms with Crippen LogP contribution in [0.25, 0.3) is 0 Å². The van der Waals surface area contributed by atoms with E-state index in [1.807, 2.05) is 6.07 Å². The maximum Gasteiger partial charge on any atom is 0.102 e. The molecule has 0 atom stereocenters. The van der Waals surface area contributed by atoms with Crippen molar-refractivity contribution < 1.29 is 9.22 Å². The number of rotatable bonds is 6. The van der Waals surface area contributed by atoms with Crippen LogP contribution >= 0.6 is 0 Å². The highest BCUT2D eigenvalue weighted by Gasteiger charge is 2.24. The molecule has 1 saturated heterocycles. The van der Waals surface area contributed by atoms with Gasteiger partial charge in [-0.3, -0.25) is 0 Å². The van der Waals surface area contributed by atoms with Crippen molar-refractivity contribution >= 4 is 11.4 Å². The molecule has 3 rings (SSSR count). The molecule has 3 N–H and O–H groups in total. The molecule has 0 radical (unpaired) electrons. The van der Waals surface area contributed by atoms with Crippen LogP contribution in [0, 0.1) is 0 Å². The minimum Gasteiger partial charge on any atom is -0.399 e. The number of ether oxygens (including phenoxy) is 1. The first-order valence-corrected chi connectivity index (χ1v) is 8.42. The molecule has 2 aliphatic rings. The molecule has 2 aliphatic heterocycles. The van der Waals surface area contributed by atoms with E-state index >= 15 is 0 Å². The Hall–Kier alpha value is -1.30. The van der Waals surface area contributed by atoms with Crippen molar-refractivity contribution in [3.05, 3.63) is 23.8 Å². The number of likely N-dealkylation sites (N-methyl/N-ethyl adjacent to an activating group) is 1. The predicted molar refractivity (Wildman–Crippen MR) is 91.2 cm³/mol. The molecule has 1 aromatic carbocycles. The molecule has 0 spiro atoms. The van der Waals surface area contributed by atoms with E-state index in [2.05, 4.69) is 29.4 Å². The second-order valence-corrected chi connectivity index (χ2v) is 6.78. The zero-order chi connectivity index (χ0) is 15.4. The number of nitrogen functional groups attached to an aromatic ring is 1. The summed E-state index contributed by atoms with van der Waals surface area (Å²) in [6, 6.07) is 6.29. The molecule has 1 aromatic rings. The smallest absolute Gasteiger partial charge is 0.102 e. The number of nitrogens with two attached hydrogens (primary N) is 1. The summed E-state index contributed by atoms with van der Waals surface area (Å²) in [6.45, 7) is 9.56. The topological polar surface area (TPSA) is 50.5 Å². The Kier molecular flexibility index (Phi) is 4.86.